The number of nitriles is 1. The van der Waals surface area contributed by atoms with Crippen molar-refractivity contribution in [2.24, 2.45) is 4.99 Å². The molecule has 0 N–H and O–H groups in total. The van der Waals surface area contributed by atoms with Crippen molar-refractivity contribution < 1.29 is 0 Å². The lowest BCUT2D eigenvalue weighted by Crippen LogP contribution is -2.37. The standard InChI is InChI=1S/C12H15N3/c1-15(8-6-13)11-5-4-10-3-2-7-14-12(10)9-11/h2-4,7,11-12H,5,8-9H2,1H3. The molecule has 0 radical (unpaired) electrons. The molecule has 1 aliphatic carbocycles. The number of hydrogen-bond donors (Lipinski definition) is 0. The SMILES string of the molecule is CN(CC#N)C1CC=C2C=CC=NC2C1. The number of rotatable bonds is 2. The van der Waals surface area contributed by atoms with Crippen molar-refractivity contribution in [2.45, 2.75) is 24.9 Å². The van der Waals surface area contributed by atoms with Crippen molar-refractivity contribution in [3.8, 4) is 6.07 Å². The van der Waals surface area contributed by atoms with E-state index in [0.29, 0.717) is 18.6 Å². The molecule has 2 atom stereocenters. The van der Waals surface area contributed by atoms with E-state index >= 15 is 0 Å². The Morgan fingerprint density at radius 2 is 2.53 bits per heavy atom. The van der Waals surface area contributed by atoms with Crippen LogP contribution in [0.2, 0.25) is 0 Å². The Bertz CT molecular complexity index is 360. The van der Waals surface area contributed by atoms with Crippen LogP contribution in [0.3, 0.4) is 0 Å². The molecule has 0 aromatic carbocycles. The Kier molecular flexibility index (Phi) is 2.98. The smallest absolute Gasteiger partial charge is 0.0866 e. The van der Waals surface area contributed by atoms with Gasteiger partial charge < -0.3 is 0 Å². The largest absolute Gasteiger partial charge is 0.290 e. The summed E-state index contributed by atoms with van der Waals surface area (Å²) < 4.78 is 0. The third kappa shape index (κ3) is 2.16. The van der Waals surface area contributed by atoms with Crippen molar-refractivity contribution in [1.82, 2.24) is 4.90 Å². The van der Waals surface area contributed by atoms with Crippen LogP contribution in [0.15, 0.2) is 28.8 Å². The van der Waals surface area contributed by atoms with E-state index in [4.69, 9.17) is 5.26 Å². The first-order valence-electron chi connectivity index (χ1n) is 5.28. The molecule has 0 spiro atoms. The number of fused-ring (bicyclic) bond motifs is 1. The van der Waals surface area contributed by atoms with Gasteiger partial charge in [0.15, 0.2) is 0 Å². The molecule has 0 saturated heterocycles. The van der Waals surface area contributed by atoms with E-state index in [0.717, 1.165) is 12.8 Å². The summed E-state index contributed by atoms with van der Waals surface area (Å²) in [6.07, 6.45) is 10.3. The fourth-order valence-corrected chi connectivity index (χ4v) is 2.13. The number of dihydropyridines is 1. The lowest BCUT2D eigenvalue weighted by molar-refractivity contribution is 0.243. The van der Waals surface area contributed by atoms with Gasteiger partial charge >= 0.3 is 0 Å². The molecule has 15 heavy (non-hydrogen) atoms. The van der Waals surface area contributed by atoms with Crippen LogP contribution in [-0.4, -0.2) is 36.8 Å². The fourth-order valence-electron chi connectivity index (χ4n) is 2.13. The maximum atomic E-state index is 8.65. The highest BCUT2D eigenvalue weighted by Gasteiger charge is 2.25. The van der Waals surface area contributed by atoms with E-state index in [-0.39, 0.29) is 0 Å². The molecule has 78 valence electrons. The first-order valence-corrected chi connectivity index (χ1v) is 5.28. The van der Waals surface area contributed by atoms with Crippen LogP contribution in [0.1, 0.15) is 12.8 Å². The monoisotopic (exact) mass is 201 g/mol. The van der Waals surface area contributed by atoms with Crippen LogP contribution in [0, 0.1) is 11.3 Å². The molecule has 2 aliphatic rings. The average Bonchev–Trinajstić information content (AvgIpc) is 2.29. The maximum absolute atomic E-state index is 8.65. The van der Waals surface area contributed by atoms with Gasteiger partial charge in [-0.2, -0.15) is 5.26 Å². The average molecular weight is 201 g/mol. The van der Waals surface area contributed by atoms with Gasteiger partial charge in [0.05, 0.1) is 18.7 Å². The van der Waals surface area contributed by atoms with Gasteiger partial charge in [0.1, 0.15) is 0 Å². The number of allylic oxidation sites excluding steroid dienone is 1. The summed E-state index contributed by atoms with van der Waals surface area (Å²) in [5.41, 5.74) is 1.33. The second kappa shape index (κ2) is 4.41. The van der Waals surface area contributed by atoms with E-state index in [2.05, 4.69) is 28.1 Å². The minimum Gasteiger partial charge on any atom is -0.290 e. The van der Waals surface area contributed by atoms with Crippen molar-refractivity contribution >= 4 is 6.21 Å². The Balaban J connectivity index is 2.04. The van der Waals surface area contributed by atoms with Crippen molar-refractivity contribution in [3.63, 3.8) is 0 Å². The van der Waals surface area contributed by atoms with Gasteiger partial charge in [0.2, 0.25) is 0 Å². The molecular weight excluding hydrogens is 186 g/mol. The molecule has 2 rings (SSSR count). The van der Waals surface area contributed by atoms with Gasteiger partial charge in [-0.3, -0.25) is 9.89 Å². The molecule has 0 aromatic rings. The Hall–Kier alpha value is -1.40. The van der Waals surface area contributed by atoms with E-state index < -0.39 is 0 Å². The summed E-state index contributed by atoms with van der Waals surface area (Å²) in [6, 6.07) is 2.96. The normalized spacial score (nSPS) is 28.5. The number of aliphatic imine (C=N–C) groups is 1. The summed E-state index contributed by atoms with van der Waals surface area (Å²) in [7, 11) is 2.01. The first-order chi connectivity index (χ1) is 7.31. The highest BCUT2D eigenvalue weighted by molar-refractivity contribution is 5.74. The predicted octanol–water partition coefficient (Wildman–Crippen LogP) is 1.54. The third-order valence-electron chi connectivity index (χ3n) is 3.09. The van der Waals surface area contributed by atoms with Gasteiger partial charge in [-0.25, -0.2) is 0 Å². The Morgan fingerprint density at radius 3 is 3.33 bits per heavy atom. The molecule has 0 saturated carbocycles. The molecule has 1 heterocycles. The quantitative estimate of drug-likeness (QED) is 0.636. The van der Waals surface area contributed by atoms with E-state index in [1.165, 1.54) is 5.57 Å². The summed E-state index contributed by atoms with van der Waals surface area (Å²) in [5.74, 6) is 0. The van der Waals surface area contributed by atoms with Gasteiger partial charge in [-0.1, -0.05) is 12.2 Å². The molecular formula is C12H15N3. The zero-order chi connectivity index (χ0) is 10.7. The highest BCUT2D eigenvalue weighted by atomic mass is 15.1. The molecule has 1 aliphatic heterocycles. The van der Waals surface area contributed by atoms with Gasteiger partial charge in [0, 0.05) is 12.3 Å². The number of hydrogen-bond acceptors (Lipinski definition) is 3. The molecule has 0 amide bonds. The second-order valence-electron chi connectivity index (χ2n) is 4.08. The lowest BCUT2D eigenvalue weighted by Gasteiger charge is -2.32. The van der Waals surface area contributed by atoms with E-state index in [1.807, 2.05) is 19.3 Å². The minimum absolute atomic E-state index is 0.315. The van der Waals surface area contributed by atoms with Crippen LogP contribution in [-0.2, 0) is 0 Å². The van der Waals surface area contributed by atoms with Crippen LogP contribution in [0.5, 0.6) is 0 Å². The van der Waals surface area contributed by atoms with Crippen LogP contribution in [0.25, 0.3) is 0 Å². The van der Waals surface area contributed by atoms with Gasteiger partial charge in [-0.15, -0.1) is 0 Å². The summed E-state index contributed by atoms with van der Waals surface area (Å²) in [4.78, 5) is 6.57. The highest BCUT2D eigenvalue weighted by Crippen LogP contribution is 2.26. The molecule has 3 heteroatoms. The maximum Gasteiger partial charge on any atom is 0.0866 e. The topological polar surface area (TPSA) is 39.4 Å². The second-order valence-corrected chi connectivity index (χ2v) is 4.08. The van der Waals surface area contributed by atoms with Crippen LogP contribution >= 0.6 is 0 Å². The summed E-state index contributed by atoms with van der Waals surface area (Å²) >= 11 is 0. The summed E-state index contributed by atoms with van der Waals surface area (Å²) in [5, 5.41) is 8.65. The Morgan fingerprint density at radius 1 is 1.67 bits per heavy atom. The van der Waals surface area contributed by atoms with Crippen molar-refractivity contribution in [1.29, 1.82) is 5.26 Å². The molecule has 2 unspecified atom stereocenters. The third-order valence-corrected chi connectivity index (χ3v) is 3.09. The molecule has 3 nitrogen and oxygen atoms in total. The van der Waals surface area contributed by atoms with Gasteiger partial charge in [0.25, 0.3) is 0 Å². The predicted molar refractivity (Wildman–Crippen MR) is 60.8 cm³/mol. The Labute approximate surface area is 90.4 Å². The minimum atomic E-state index is 0.315. The zero-order valence-corrected chi connectivity index (χ0v) is 8.93. The lowest BCUT2D eigenvalue weighted by atomic mass is 9.89. The van der Waals surface area contributed by atoms with Gasteiger partial charge in [-0.05, 0) is 31.5 Å². The van der Waals surface area contributed by atoms with E-state index in [9.17, 15) is 0 Å². The zero-order valence-electron chi connectivity index (χ0n) is 8.93. The fraction of sp³-hybridized carbons (Fsp3) is 0.500. The van der Waals surface area contributed by atoms with Crippen LogP contribution in [0.4, 0.5) is 0 Å². The van der Waals surface area contributed by atoms with Crippen molar-refractivity contribution in [2.75, 3.05) is 13.6 Å². The molecule has 0 aromatic heterocycles. The molecule has 0 bridgehead atoms. The van der Waals surface area contributed by atoms with Crippen molar-refractivity contribution in [3.05, 3.63) is 23.8 Å². The first kappa shape index (κ1) is 10.1. The summed E-state index contributed by atoms with van der Waals surface area (Å²) in [6.45, 7) is 0.500. The van der Waals surface area contributed by atoms with E-state index in [1.54, 1.807) is 0 Å². The molecule has 0 fully saturated rings. The van der Waals surface area contributed by atoms with Crippen LogP contribution < -0.4 is 0 Å². The number of nitrogens with zero attached hydrogens (tertiary/aromatic N) is 3.